The van der Waals surface area contributed by atoms with E-state index in [4.69, 9.17) is 11.6 Å². The quantitative estimate of drug-likeness (QED) is 0.684. The lowest BCUT2D eigenvalue weighted by Gasteiger charge is -2.11. The van der Waals surface area contributed by atoms with Crippen LogP contribution in [-0.4, -0.2) is 14.5 Å². The predicted molar refractivity (Wildman–Crippen MR) is 77.3 cm³/mol. The average molecular weight is 290 g/mol. The van der Waals surface area contributed by atoms with Gasteiger partial charge in [0.1, 0.15) is 17.2 Å². The number of pyridine rings is 1. The zero-order valence-corrected chi connectivity index (χ0v) is 11.7. The van der Waals surface area contributed by atoms with Crippen LogP contribution in [0, 0.1) is 5.82 Å². The fourth-order valence-corrected chi connectivity index (χ4v) is 2.43. The molecule has 2 heterocycles. The predicted octanol–water partition coefficient (Wildman–Crippen LogP) is 3.92. The van der Waals surface area contributed by atoms with Crippen molar-refractivity contribution in [2.24, 2.45) is 0 Å². The molecule has 0 fully saturated rings. The van der Waals surface area contributed by atoms with Crippen molar-refractivity contribution in [3.8, 4) is 0 Å². The molecule has 1 aromatic carbocycles. The Labute approximate surface area is 121 Å². The molecule has 1 atom stereocenters. The van der Waals surface area contributed by atoms with Gasteiger partial charge in [-0.05, 0) is 19.1 Å². The minimum Gasteiger partial charge on any atom is -0.322 e. The van der Waals surface area contributed by atoms with Crippen molar-refractivity contribution in [3.05, 3.63) is 59.9 Å². The number of aromatic nitrogens is 3. The van der Waals surface area contributed by atoms with Crippen LogP contribution in [0.1, 0.15) is 23.7 Å². The third-order valence-electron chi connectivity index (χ3n) is 3.22. The minimum absolute atomic E-state index is 0.225. The van der Waals surface area contributed by atoms with Crippen molar-refractivity contribution in [2.45, 2.75) is 18.8 Å². The maximum absolute atomic E-state index is 13.8. The Kier molecular flexibility index (Phi) is 3.40. The fraction of sp³-hybridized carbons (Fsp3) is 0.200. The van der Waals surface area contributed by atoms with E-state index in [-0.39, 0.29) is 11.2 Å². The van der Waals surface area contributed by atoms with E-state index in [0.717, 1.165) is 16.9 Å². The molecule has 0 spiro atoms. The summed E-state index contributed by atoms with van der Waals surface area (Å²) >= 11 is 6.19. The van der Waals surface area contributed by atoms with Crippen molar-refractivity contribution >= 4 is 22.6 Å². The molecular weight excluding hydrogens is 277 g/mol. The van der Waals surface area contributed by atoms with Crippen LogP contribution in [-0.2, 0) is 6.54 Å². The Morgan fingerprint density at radius 3 is 2.85 bits per heavy atom. The van der Waals surface area contributed by atoms with Crippen LogP contribution in [0.3, 0.4) is 0 Å². The molecule has 20 heavy (non-hydrogen) atoms. The first-order valence-corrected chi connectivity index (χ1v) is 6.78. The molecule has 102 valence electrons. The van der Waals surface area contributed by atoms with Crippen LogP contribution >= 0.6 is 11.6 Å². The first kappa shape index (κ1) is 13.1. The second-order valence-electron chi connectivity index (χ2n) is 4.63. The fourth-order valence-electron chi connectivity index (χ4n) is 2.27. The summed E-state index contributed by atoms with van der Waals surface area (Å²) in [6.45, 7) is 2.26. The van der Waals surface area contributed by atoms with Crippen LogP contribution in [0.4, 0.5) is 4.39 Å². The molecule has 1 unspecified atom stereocenters. The largest absolute Gasteiger partial charge is 0.322 e. The maximum atomic E-state index is 13.8. The van der Waals surface area contributed by atoms with E-state index in [2.05, 4.69) is 9.97 Å². The number of alkyl halides is 1. The van der Waals surface area contributed by atoms with Crippen molar-refractivity contribution < 1.29 is 4.39 Å². The van der Waals surface area contributed by atoms with Crippen molar-refractivity contribution in [2.75, 3.05) is 0 Å². The first-order chi connectivity index (χ1) is 9.66. The van der Waals surface area contributed by atoms with Gasteiger partial charge in [0.2, 0.25) is 0 Å². The van der Waals surface area contributed by atoms with Crippen LogP contribution < -0.4 is 0 Å². The number of halogens is 2. The molecule has 0 saturated carbocycles. The monoisotopic (exact) mass is 289 g/mol. The third-order valence-corrected chi connectivity index (χ3v) is 3.42. The van der Waals surface area contributed by atoms with Gasteiger partial charge in [0.25, 0.3) is 0 Å². The Hall–Kier alpha value is -1.94. The number of nitrogens with zero attached hydrogens (tertiary/aromatic N) is 3. The minimum atomic E-state index is -0.255. The molecule has 0 amide bonds. The van der Waals surface area contributed by atoms with Crippen LogP contribution in [0.15, 0.2) is 42.7 Å². The van der Waals surface area contributed by atoms with Gasteiger partial charge in [-0.15, -0.1) is 11.6 Å². The summed E-state index contributed by atoms with van der Waals surface area (Å²) in [4.78, 5) is 8.54. The highest BCUT2D eigenvalue weighted by atomic mass is 35.5. The van der Waals surface area contributed by atoms with Crippen LogP contribution in [0.5, 0.6) is 0 Å². The Morgan fingerprint density at radius 1 is 1.30 bits per heavy atom. The zero-order valence-electron chi connectivity index (χ0n) is 10.9. The summed E-state index contributed by atoms with van der Waals surface area (Å²) < 4.78 is 15.8. The standard InChI is InChI=1S/C15H13ClFN3/c1-10(16)15-19-13-8-18-7-6-14(13)20(15)9-11-4-2-3-5-12(11)17/h2-8,10H,9H2,1H3. The van der Waals surface area contributed by atoms with Crippen molar-refractivity contribution in [1.82, 2.24) is 14.5 Å². The molecule has 0 aliphatic heterocycles. The summed E-state index contributed by atoms with van der Waals surface area (Å²) in [5.41, 5.74) is 2.29. The number of fused-ring (bicyclic) bond motifs is 1. The van der Waals surface area contributed by atoms with Gasteiger partial charge in [0, 0.05) is 11.8 Å². The lowest BCUT2D eigenvalue weighted by molar-refractivity contribution is 0.597. The molecule has 0 saturated heterocycles. The van der Waals surface area contributed by atoms with Gasteiger partial charge in [-0.1, -0.05) is 18.2 Å². The van der Waals surface area contributed by atoms with Crippen LogP contribution in [0.25, 0.3) is 11.0 Å². The molecule has 0 N–H and O–H groups in total. The summed E-state index contributed by atoms with van der Waals surface area (Å²) in [5, 5.41) is -0.255. The summed E-state index contributed by atoms with van der Waals surface area (Å²) in [6.07, 6.45) is 3.39. The van der Waals surface area contributed by atoms with Gasteiger partial charge >= 0.3 is 0 Å². The van der Waals surface area contributed by atoms with Gasteiger partial charge in [-0.25, -0.2) is 9.37 Å². The smallest absolute Gasteiger partial charge is 0.128 e. The molecule has 0 bridgehead atoms. The lowest BCUT2D eigenvalue weighted by atomic mass is 10.2. The highest BCUT2D eigenvalue weighted by Gasteiger charge is 2.16. The molecular formula is C15H13ClFN3. The number of rotatable bonds is 3. The third kappa shape index (κ3) is 2.27. The van der Waals surface area contributed by atoms with E-state index in [1.165, 1.54) is 6.07 Å². The van der Waals surface area contributed by atoms with Crippen LogP contribution in [0.2, 0.25) is 0 Å². The molecule has 0 aliphatic rings. The van der Waals surface area contributed by atoms with Gasteiger partial charge < -0.3 is 4.57 Å². The highest BCUT2D eigenvalue weighted by molar-refractivity contribution is 6.20. The SMILES string of the molecule is CC(Cl)c1nc2cnccc2n1Cc1ccccc1F. The van der Waals surface area contributed by atoms with E-state index in [1.807, 2.05) is 23.6 Å². The topological polar surface area (TPSA) is 30.7 Å². The molecule has 3 nitrogen and oxygen atoms in total. The van der Waals surface area contributed by atoms with Crippen molar-refractivity contribution in [3.63, 3.8) is 0 Å². The number of hydrogen-bond donors (Lipinski definition) is 0. The van der Waals surface area contributed by atoms with Crippen molar-refractivity contribution in [1.29, 1.82) is 0 Å². The summed E-state index contributed by atoms with van der Waals surface area (Å²) in [7, 11) is 0. The molecule has 0 radical (unpaired) electrons. The maximum Gasteiger partial charge on any atom is 0.128 e. The summed E-state index contributed by atoms with van der Waals surface area (Å²) in [6, 6.07) is 8.60. The molecule has 3 aromatic rings. The normalized spacial score (nSPS) is 12.8. The molecule has 3 rings (SSSR count). The van der Waals surface area contributed by atoms with Gasteiger partial charge in [-0.2, -0.15) is 0 Å². The van der Waals surface area contributed by atoms with Gasteiger partial charge in [0.05, 0.1) is 23.6 Å². The Bertz CT molecular complexity index is 752. The number of hydrogen-bond acceptors (Lipinski definition) is 2. The second kappa shape index (κ2) is 5.21. The molecule has 2 aromatic heterocycles. The summed E-state index contributed by atoms with van der Waals surface area (Å²) in [5.74, 6) is 0.495. The van der Waals surface area contributed by atoms with Gasteiger partial charge in [0.15, 0.2) is 0 Å². The number of benzene rings is 1. The van der Waals surface area contributed by atoms with E-state index < -0.39 is 0 Å². The zero-order chi connectivity index (χ0) is 14.1. The Morgan fingerprint density at radius 2 is 2.10 bits per heavy atom. The second-order valence-corrected chi connectivity index (χ2v) is 5.28. The van der Waals surface area contributed by atoms with E-state index in [9.17, 15) is 4.39 Å². The first-order valence-electron chi connectivity index (χ1n) is 6.34. The van der Waals surface area contributed by atoms with E-state index >= 15 is 0 Å². The van der Waals surface area contributed by atoms with Gasteiger partial charge in [-0.3, -0.25) is 4.98 Å². The molecule has 5 heteroatoms. The highest BCUT2D eigenvalue weighted by Crippen LogP contribution is 2.25. The Balaban J connectivity index is 2.14. The van der Waals surface area contributed by atoms with E-state index in [1.54, 1.807) is 24.5 Å². The van der Waals surface area contributed by atoms with E-state index in [0.29, 0.717) is 12.1 Å². The lowest BCUT2D eigenvalue weighted by Crippen LogP contribution is -2.07. The molecule has 0 aliphatic carbocycles. The number of imidazole rings is 1. The average Bonchev–Trinajstić information content (AvgIpc) is 2.81.